The van der Waals surface area contributed by atoms with Crippen LogP contribution in [0.4, 0.5) is 0 Å². The van der Waals surface area contributed by atoms with Crippen molar-refractivity contribution in [3.8, 4) is 0 Å². The lowest BCUT2D eigenvalue weighted by atomic mass is 10.1. The number of benzene rings is 1. The maximum atomic E-state index is 11.7. The lowest BCUT2D eigenvalue weighted by Gasteiger charge is -2.25. The lowest BCUT2D eigenvalue weighted by Crippen LogP contribution is -2.36. The van der Waals surface area contributed by atoms with Crippen LogP contribution in [0.1, 0.15) is 31.9 Å². The van der Waals surface area contributed by atoms with Crippen LogP contribution in [-0.4, -0.2) is 29.2 Å². The van der Waals surface area contributed by atoms with Crippen molar-refractivity contribution >= 4 is 11.0 Å². The molecule has 0 amide bonds. The molecule has 0 unspecified atom stereocenters. The molecule has 1 aromatic heterocycles. The molecule has 0 fully saturated rings. The average molecular weight is 289 g/mol. The molecule has 0 aliphatic heterocycles. The number of nitrogens with zero attached hydrogens (tertiary/aromatic N) is 1. The highest BCUT2D eigenvalue weighted by Gasteiger charge is 2.17. The van der Waals surface area contributed by atoms with Crippen molar-refractivity contribution in [3.63, 3.8) is 0 Å². The molecule has 0 aliphatic carbocycles. The molecule has 1 N–H and O–H groups in total. The first kappa shape index (κ1) is 15.7. The zero-order valence-corrected chi connectivity index (χ0v) is 13.1. The van der Waals surface area contributed by atoms with Crippen molar-refractivity contribution in [1.29, 1.82) is 0 Å². The molecule has 0 bridgehead atoms. The van der Waals surface area contributed by atoms with Crippen molar-refractivity contribution < 1.29 is 9.52 Å². The minimum absolute atomic E-state index is 0.331. The van der Waals surface area contributed by atoms with Crippen LogP contribution in [0.2, 0.25) is 0 Å². The normalized spacial score (nSPS) is 12.3. The van der Waals surface area contributed by atoms with Gasteiger partial charge in [0.15, 0.2) is 0 Å². The second-order valence-corrected chi connectivity index (χ2v) is 6.26. The van der Waals surface area contributed by atoms with Crippen molar-refractivity contribution in [2.24, 2.45) is 0 Å². The molecule has 21 heavy (non-hydrogen) atoms. The molecule has 0 spiro atoms. The van der Waals surface area contributed by atoms with Gasteiger partial charge in [0.2, 0.25) is 0 Å². The Morgan fingerprint density at radius 1 is 1.29 bits per heavy atom. The quantitative estimate of drug-likeness (QED) is 0.860. The molecule has 0 saturated heterocycles. The zero-order chi connectivity index (χ0) is 15.6. The van der Waals surface area contributed by atoms with Crippen molar-refractivity contribution in [2.45, 2.75) is 39.3 Å². The third-order valence-electron chi connectivity index (χ3n) is 3.40. The van der Waals surface area contributed by atoms with Gasteiger partial charge < -0.3 is 9.52 Å². The van der Waals surface area contributed by atoms with E-state index in [9.17, 15) is 9.90 Å². The number of aliphatic hydroxyl groups is 1. The molecule has 0 atom stereocenters. The van der Waals surface area contributed by atoms with E-state index in [1.807, 2.05) is 24.1 Å². The number of fused-ring (bicyclic) bond motifs is 1. The van der Waals surface area contributed by atoms with Gasteiger partial charge in [0.1, 0.15) is 5.58 Å². The fourth-order valence-corrected chi connectivity index (χ4v) is 2.63. The first-order chi connectivity index (χ1) is 9.78. The Balaban J connectivity index is 2.37. The molecule has 4 nitrogen and oxygen atoms in total. The first-order valence-corrected chi connectivity index (χ1v) is 7.25. The highest BCUT2D eigenvalue weighted by molar-refractivity contribution is 5.80. The third-order valence-corrected chi connectivity index (χ3v) is 3.40. The molecule has 4 heteroatoms. The topological polar surface area (TPSA) is 53.7 Å². The van der Waals surface area contributed by atoms with Gasteiger partial charge in [-0.15, -0.1) is 0 Å². The Hall–Kier alpha value is -1.65. The van der Waals surface area contributed by atoms with Gasteiger partial charge in [-0.1, -0.05) is 19.1 Å². The van der Waals surface area contributed by atoms with E-state index in [-0.39, 0.29) is 5.63 Å². The summed E-state index contributed by atoms with van der Waals surface area (Å²) in [7, 11) is 1.93. The van der Waals surface area contributed by atoms with E-state index >= 15 is 0 Å². The number of hydrogen-bond acceptors (Lipinski definition) is 4. The predicted molar refractivity (Wildman–Crippen MR) is 84.5 cm³/mol. The Labute approximate surface area is 125 Å². The zero-order valence-electron chi connectivity index (χ0n) is 13.1. The fourth-order valence-electron chi connectivity index (χ4n) is 2.63. The van der Waals surface area contributed by atoms with Crippen LogP contribution in [0.5, 0.6) is 0 Å². The monoisotopic (exact) mass is 289 g/mol. The standard InChI is InChI=1S/C17H23NO3/c1-5-12-6-7-14-13(9-16(19)21-15(14)8-12)10-18(4)11-17(2,3)20/h6-9,20H,5,10-11H2,1-4H3. The summed E-state index contributed by atoms with van der Waals surface area (Å²) in [4.78, 5) is 13.7. The van der Waals surface area contributed by atoms with Crippen LogP contribution in [0.15, 0.2) is 33.5 Å². The lowest BCUT2D eigenvalue weighted by molar-refractivity contribution is 0.0425. The van der Waals surface area contributed by atoms with Crippen LogP contribution in [0.3, 0.4) is 0 Å². The fraction of sp³-hybridized carbons (Fsp3) is 0.471. The molecule has 1 aromatic carbocycles. The Bertz CT molecular complexity index is 682. The van der Waals surface area contributed by atoms with Gasteiger partial charge in [-0.2, -0.15) is 0 Å². The summed E-state index contributed by atoms with van der Waals surface area (Å²) in [6.45, 7) is 6.74. The van der Waals surface area contributed by atoms with Gasteiger partial charge in [0, 0.05) is 24.5 Å². The van der Waals surface area contributed by atoms with E-state index < -0.39 is 5.60 Å². The van der Waals surface area contributed by atoms with Crippen molar-refractivity contribution in [1.82, 2.24) is 4.90 Å². The van der Waals surface area contributed by atoms with E-state index in [4.69, 9.17) is 4.42 Å². The van der Waals surface area contributed by atoms with Crippen LogP contribution < -0.4 is 5.63 Å². The number of aryl methyl sites for hydroxylation is 1. The molecular formula is C17H23NO3. The van der Waals surface area contributed by atoms with Gasteiger partial charge >= 0.3 is 5.63 Å². The van der Waals surface area contributed by atoms with E-state index in [0.717, 1.165) is 22.9 Å². The molecule has 0 aliphatic rings. The predicted octanol–water partition coefficient (Wildman–Crippen LogP) is 2.56. The van der Waals surface area contributed by atoms with Gasteiger partial charge in [-0.25, -0.2) is 4.79 Å². The second kappa shape index (κ2) is 6.00. The van der Waals surface area contributed by atoms with Crippen LogP contribution in [0.25, 0.3) is 11.0 Å². The SMILES string of the molecule is CCc1ccc2c(CN(C)CC(C)(C)O)cc(=O)oc2c1. The first-order valence-electron chi connectivity index (χ1n) is 7.25. The summed E-state index contributed by atoms with van der Waals surface area (Å²) in [5, 5.41) is 10.8. The summed E-state index contributed by atoms with van der Waals surface area (Å²) in [6.07, 6.45) is 0.905. The third kappa shape index (κ3) is 4.16. The highest BCUT2D eigenvalue weighted by Crippen LogP contribution is 2.20. The maximum absolute atomic E-state index is 11.7. The van der Waals surface area contributed by atoms with E-state index in [1.54, 1.807) is 13.8 Å². The summed E-state index contributed by atoms with van der Waals surface area (Å²) in [6, 6.07) is 7.53. The van der Waals surface area contributed by atoms with Crippen LogP contribution in [-0.2, 0) is 13.0 Å². The molecular weight excluding hydrogens is 266 g/mol. The van der Waals surface area contributed by atoms with Crippen molar-refractivity contribution in [3.05, 3.63) is 45.8 Å². The summed E-state index contributed by atoms with van der Waals surface area (Å²) in [5.41, 5.74) is 1.61. The second-order valence-electron chi connectivity index (χ2n) is 6.26. The number of likely N-dealkylation sites (N-methyl/N-ethyl adjacent to an activating group) is 1. The number of hydrogen-bond donors (Lipinski definition) is 1. The Kier molecular flexibility index (Phi) is 4.49. The van der Waals surface area contributed by atoms with Crippen LogP contribution >= 0.6 is 0 Å². The van der Waals surface area contributed by atoms with Gasteiger partial charge in [-0.3, -0.25) is 4.90 Å². The van der Waals surface area contributed by atoms with E-state index in [1.165, 1.54) is 6.07 Å². The summed E-state index contributed by atoms with van der Waals surface area (Å²) >= 11 is 0. The summed E-state index contributed by atoms with van der Waals surface area (Å²) in [5.74, 6) is 0. The van der Waals surface area contributed by atoms with Gasteiger partial charge in [-0.05, 0) is 44.5 Å². The van der Waals surface area contributed by atoms with Crippen LogP contribution in [0, 0.1) is 0 Å². The average Bonchev–Trinajstić information content (AvgIpc) is 2.35. The molecule has 114 valence electrons. The number of rotatable bonds is 5. The van der Waals surface area contributed by atoms with E-state index in [2.05, 4.69) is 13.0 Å². The maximum Gasteiger partial charge on any atom is 0.336 e. The Morgan fingerprint density at radius 3 is 2.62 bits per heavy atom. The molecule has 0 radical (unpaired) electrons. The largest absolute Gasteiger partial charge is 0.423 e. The molecule has 2 rings (SSSR count). The van der Waals surface area contributed by atoms with Crippen molar-refractivity contribution in [2.75, 3.05) is 13.6 Å². The van der Waals surface area contributed by atoms with Gasteiger partial charge in [0.05, 0.1) is 5.60 Å². The summed E-state index contributed by atoms with van der Waals surface area (Å²) < 4.78 is 5.30. The Morgan fingerprint density at radius 2 is 2.00 bits per heavy atom. The molecule has 2 aromatic rings. The minimum Gasteiger partial charge on any atom is -0.423 e. The smallest absolute Gasteiger partial charge is 0.336 e. The molecule has 0 saturated carbocycles. The highest BCUT2D eigenvalue weighted by atomic mass is 16.4. The van der Waals surface area contributed by atoms with Gasteiger partial charge in [0.25, 0.3) is 0 Å². The molecule has 1 heterocycles. The van der Waals surface area contributed by atoms with E-state index in [0.29, 0.717) is 18.7 Å². The minimum atomic E-state index is -0.765.